The molecule has 2 aromatic rings. The molecule has 0 bridgehead atoms. The van der Waals surface area contributed by atoms with Gasteiger partial charge in [-0.2, -0.15) is 0 Å². The molecule has 0 aromatic carbocycles. The number of hydrogen-bond donors (Lipinski definition) is 4. The van der Waals surface area contributed by atoms with Crippen LogP contribution in [-0.4, -0.2) is 32.6 Å². The van der Waals surface area contributed by atoms with E-state index in [0.717, 1.165) is 0 Å². The second kappa shape index (κ2) is 5.99. The van der Waals surface area contributed by atoms with Crippen LogP contribution < -0.4 is 11.0 Å². The molecule has 4 N–H and O–H groups in total. The van der Waals surface area contributed by atoms with Gasteiger partial charge in [-0.3, -0.25) is 10.1 Å². The first-order chi connectivity index (χ1) is 9.19. The number of aliphatic hydroxyl groups excluding tert-OH is 1. The molecule has 0 spiro atoms. The number of rotatable bonds is 3. The summed E-state index contributed by atoms with van der Waals surface area (Å²) in [6.07, 6.45) is 3.21. The SMILES string of the molecule is O=C(Nc1ncc(C#CCCO)s1)c1c[nH]c(=O)[nH]1. The van der Waals surface area contributed by atoms with Gasteiger partial charge in [-0.1, -0.05) is 23.2 Å². The van der Waals surface area contributed by atoms with Crippen molar-refractivity contribution in [2.75, 3.05) is 11.9 Å². The molecule has 2 aromatic heterocycles. The number of carbonyl (C=O) groups excluding carboxylic acids is 1. The maximum absolute atomic E-state index is 11.7. The zero-order chi connectivity index (χ0) is 13.7. The lowest BCUT2D eigenvalue weighted by Crippen LogP contribution is -2.13. The van der Waals surface area contributed by atoms with Crippen molar-refractivity contribution in [3.63, 3.8) is 0 Å². The summed E-state index contributed by atoms with van der Waals surface area (Å²) in [6, 6.07) is 0. The summed E-state index contributed by atoms with van der Waals surface area (Å²) < 4.78 is 0. The number of amides is 1. The summed E-state index contributed by atoms with van der Waals surface area (Å²) in [5, 5.41) is 11.5. The Bertz CT molecular complexity index is 688. The molecule has 0 radical (unpaired) electrons. The molecule has 0 atom stereocenters. The normalized spacial score (nSPS) is 9.74. The van der Waals surface area contributed by atoms with Gasteiger partial charge >= 0.3 is 5.69 Å². The second-order valence-corrected chi connectivity index (χ2v) is 4.45. The highest BCUT2D eigenvalue weighted by Crippen LogP contribution is 2.17. The second-order valence-electron chi connectivity index (χ2n) is 3.42. The van der Waals surface area contributed by atoms with Gasteiger partial charge in [0.1, 0.15) is 5.69 Å². The lowest BCUT2D eigenvalue weighted by atomic mass is 10.4. The number of imidazole rings is 1. The van der Waals surface area contributed by atoms with E-state index in [1.165, 1.54) is 23.7 Å². The van der Waals surface area contributed by atoms with Crippen LogP contribution >= 0.6 is 11.3 Å². The van der Waals surface area contributed by atoms with Gasteiger partial charge in [0.25, 0.3) is 5.91 Å². The third-order valence-corrected chi connectivity index (χ3v) is 2.84. The number of nitrogens with one attached hydrogen (secondary N) is 3. The van der Waals surface area contributed by atoms with E-state index in [9.17, 15) is 9.59 Å². The van der Waals surface area contributed by atoms with Crippen LogP contribution in [-0.2, 0) is 0 Å². The molecule has 0 aliphatic heterocycles. The number of H-pyrrole nitrogens is 2. The maximum Gasteiger partial charge on any atom is 0.323 e. The van der Waals surface area contributed by atoms with E-state index in [4.69, 9.17) is 5.11 Å². The van der Waals surface area contributed by atoms with Crippen molar-refractivity contribution in [1.29, 1.82) is 0 Å². The van der Waals surface area contributed by atoms with Crippen LogP contribution in [0, 0.1) is 11.8 Å². The van der Waals surface area contributed by atoms with Crippen LogP contribution in [0.25, 0.3) is 0 Å². The van der Waals surface area contributed by atoms with Crippen LogP contribution in [0.2, 0.25) is 0 Å². The highest BCUT2D eigenvalue weighted by molar-refractivity contribution is 7.16. The van der Waals surface area contributed by atoms with Gasteiger partial charge in [0, 0.05) is 12.6 Å². The van der Waals surface area contributed by atoms with Crippen LogP contribution in [0.15, 0.2) is 17.2 Å². The third kappa shape index (κ3) is 3.54. The minimum atomic E-state index is -0.456. The van der Waals surface area contributed by atoms with E-state index in [0.29, 0.717) is 16.4 Å². The molecule has 0 aliphatic carbocycles. The predicted molar refractivity (Wildman–Crippen MR) is 70.1 cm³/mol. The number of aromatic nitrogens is 3. The molecule has 0 unspecified atom stereocenters. The van der Waals surface area contributed by atoms with E-state index in [-0.39, 0.29) is 12.3 Å². The van der Waals surface area contributed by atoms with Crippen molar-refractivity contribution in [3.8, 4) is 11.8 Å². The Morgan fingerprint density at radius 2 is 2.42 bits per heavy atom. The minimum Gasteiger partial charge on any atom is -0.395 e. The van der Waals surface area contributed by atoms with Crippen LogP contribution in [0.1, 0.15) is 21.8 Å². The van der Waals surface area contributed by atoms with E-state index in [1.54, 1.807) is 0 Å². The Kier molecular flexibility index (Phi) is 4.12. The molecular weight excluding hydrogens is 268 g/mol. The number of carbonyl (C=O) groups is 1. The van der Waals surface area contributed by atoms with Crippen molar-refractivity contribution in [2.45, 2.75) is 6.42 Å². The smallest absolute Gasteiger partial charge is 0.323 e. The average molecular weight is 278 g/mol. The van der Waals surface area contributed by atoms with Gasteiger partial charge in [-0.15, -0.1) is 0 Å². The average Bonchev–Trinajstić information content (AvgIpc) is 2.99. The molecular formula is C11H10N4O3S. The highest BCUT2D eigenvalue weighted by Gasteiger charge is 2.10. The molecule has 1 amide bonds. The Hall–Kier alpha value is -2.37. The van der Waals surface area contributed by atoms with Crippen LogP contribution in [0.5, 0.6) is 0 Å². The first kappa shape index (κ1) is 13.1. The Morgan fingerprint density at radius 1 is 1.58 bits per heavy atom. The first-order valence-electron chi connectivity index (χ1n) is 5.33. The summed E-state index contributed by atoms with van der Waals surface area (Å²) in [4.78, 5) is 31.9. The number of aliphatic hydroxyl groups is 1. The summed E-state index contributed by atoms with van der Waals surface area (Å²) in [5.41, 5.74) is -0.312. The molecule has 7 nitrogen and oxygen atoms in total. The summed E-state index contributed by atoms with van der Waals surface area (Å²) in [6.45, 7) is 0.0102. The van der Waals surface area contributed by atoms with Crippen molar-refractivity contribution in [3.05, 3.63) is 33.4 Å². The molecule has 0 saturated heterocycles. The molecule has 0 fully saturated rings. The molecule has 2 heterocycles. The van der Waals surface area contributed by atoms with Crippen LogP contribution in [0.3, 0.4) is 0 Å². The standard InChI is InChI=1S/C11H10N4O3S/c16-4-2-1-3-7-5-13-11(19-7)15-9(17)8-6-12-10(18)14-8/h5-6,16H,2,4H2,(H2,12,14,18)(H,13,15,17). The number of anilines is 1. The van der Waals surface area contributed by atoms with Gasteiger partial charge in [0.05, 0.1) is 17.7 Å². The third-order valence-electron chi connectivity index (χ3n) is 2.01. The summed E-state index contributed by atoms with van der Waals surface area (Å²) >= 11 is 1.21. The summed E-state index contributed by atoms with van der Waals surface area (Å²) in [5.74, 6) is 5.12. The molecule has 98 valence electrons. The zero-order valence-corrected chi connectivity index (χ0v) is 10.5. The molecule has 0 saturated carbocycles. The quantitative estimate of drug-likeness (QED) is 0.599. The van der Waals surface area contributed by atoms with E-state index in [2.05, 4.69) is 32.1 Å². The maximum atomic E-state index is 11.7. The highest BCUT2D eigenvalue weighted by atomic mass is 32.1. The monoisotopic (exact) mass is 278 g/mol. The lowest BCUT2D eigenvalue weighted by molar-refractivity contribution is 0.102. The van der Waals surface area contributed by atoms with Gasteiger partial charge in [0.2, 0.25) is 0 Å². The number of hydrogen-bond acceptors (Lipinski definition) is 5. The van der Waals surface area contributed by atoms with Gasteiger partial charge in [-0.25, -0.2) is 9.78 Å². The van der Waals surface area contributed by atoms with Crippen LogP contribution in [0.4, 0.5) is 5.13 Å². The fraction of sp³-hybridized carbons (Fsp3) is 0.182. The number of aromatic amines is 2. The van der Waals surface area contributed by atoms with Crippen molar-refractivity contribution in [1.82, 2.24) is 15.0 Å². The Labute approximate surface area is 111 Å². The number of thiazole rings is 1. The summed E-state index contributed by atoms with van der Waals surface area (Å²) in [7, 11) is 0. The predicted octanol–water partition coefficient (Wildman–Crippen LogP) is 0.146. The molecule has 19 heavy (non-hydrogen) atoms. The Morgan fingerprint density at radius 3 is 3.11 bits per heavy atom. The van der Waals surface area contributed by atoms with Crippen molar-refractivity contribution >= 4 is 22.4 Å². The van der Waals surface area contributed by atoms with Gasteiger partial charge in [-0.05, 0) is 0 Å². The minimum absolute atomic E-state index is 0.0102. The first-order valence-corrected chi connectivity index (χ1v) is 6.15. The van der Waals surface area contributed by atoms with E-state index < -0.39 is 11.6 Å². The topological polar surface area (TPSA) is 111 Å². The van der Waals surface area contributed by atoms with Crippen molar-refractivity contribution in [2.24, 2.45) is 0 Å². The lowest BCUT2D eigenvalue weighted by Gasteiger charge is -1.96. The fourth-order valence-corrected chi connectivity index (χ4v) is 1.90. The molecule has 8 heteroatoms. The van der Waals surface area contributed by atoms with Crippen molar-refractivity contribution < 1.29 is 9.90 Å². The van der Waals surface area contributed by atoms with Gasteiger partial charge < -0.3 is 15.1 Å². The Balaban J connectivity index is 2.02. The van der Waals surface area contributed by atoms with E-state index >= 15 is 0 Å². The fourth-order valence-electron chi connectivity index (χ4n) is 1.21. The molecule has 0 aliphatic rings. The number of nitrogens with zero attached hydrogens (tertiary/aromatic N) is 1. The van der Waals surface area contributed by atoms with E-state index in [1.807, 2.05) is 0 Å². The molecule has 2 rings (SSSR count). The zero-order valence-electron chi connectivity index (χ0n) is 9.69. The largest absolute Gasteiger partial charge is 0.395 e. The van der Waals surface area contributed by atoms with Gasteiger partial charge in [0.15, 0.2) is 5.13 Å².